The summed E-state index contributed by atoms with van der Waals surface area (Å²) in [5, 5.41) is 0. The van der Waals surface area contributed by atoms with Crippen molar-refractivity contribution in [2.75, 3.05) is 0 Å². The van der Waals surface area contributed by atoms with Gasteiger partial charge in [-0.1, -0.05) is 18.2 Å². The molecule has 0 N–H and O–H groups in total. The fourth-order valence-electron chi connectivity index (χ4n) is 0.996. The van der Waals surface area contributed by atoms with Crippen molar-refractivity contribution >= 4 is 28.1 Å². The molecule has 1 aliphatic heterocycles. The second-order valence-corrected chi connectivity index (χ2v) is 4.56. The zero-order valence-electron chi connectivity index (χ0n) is 5.25. The van der Waals surface area contributed by atoms with E-state index in [4.69, 9.17) is 0 Å². The first-order valence-electron chi connectivity index (χ1n) is 3.05. The van der Waals surface area contributed by atoms with Crippen molar-refractivity contribution < 1.29 is 0 Å². The van der Waals surface area contributed by atoms with Crippen LogP contribution in [0.3, 0.4) is 0 Å². The number of fused-ring (bicyclic) bond motifs is 1. The second-order valence-electron chi connectivity index (χ2n) is 2.17. The first-order valence-corrected chi connectivity index (χ1v) is 4.54. The molecule has 0 saturated carbocycles. The lowest BCUT2D eigenvalue weighted by Crippen LogP contribution is -1.89. The van der Waals surface area contributed by atoms with Crippen molar-refractivity contribution in [3.63, 3.8) is 0 Å². The van der Waals surface area contributed by atoms with Gasteiger partial charge < -0.3 is 0 Å². The summed E-state index contributed by atoms with van der Waals surface area (Å²) in [7, 11) is 0. The van der Waals surface area contributed by atoms with Crippen LogP contribution in [0, 0.1) is 0 Å². The Labute approximate surface area is 72.9 Å². The highest BCUT2D eigenvalue weighted by atomic mass is 79.9. The number of benzene rings is 1. The van der Waals surface area contributed by atoms with Crippen molar-refractivity contribution in [3.8, 4) is 0 Å². The molecular formula is C7H6BrNS. The van der Waals surface area contributed by atoms with Crippen LogP contribution in [0.4, 0.5) is 0 Å². The van der Waals surface area contributed by atoms with Crippen LogP contribution in [-0.2, 0) is 6.54 Å². The normalized spacial score (nSPS) is 17.3. The van der Waals surface area contributed by atoms with Gasteiger partial charge in [0.05, 0.1) is 0 Å². The minimum atomic E-state index is 1.00. The summed E-state index contributed by atoms with van der Waals surface area (Å²) in [5.74, 6) is 0. The van der Waals surface area contributed by atoms with Crippen LogP contribution in [0.1, 0.15) is 5.56 Å². The minimum absolute atomic E-state index is 1.00. The molecule has 0 radical (unpaired) electrons. The lowest BCUT2D eigenvalue weighted by molar-refractivity contribution is 0.784. The second kappa shape index (κ2) is 2.57. The summed E-state index contributed by atoms with van der Waals surface area (Å²) < 4.78 is 2.05. The molecule has 0 bridgehead atoms. The lowest BCUT2D eigenvalue weighted by atomic mass is 10.2. The number of nitrogens with zero attached hydrogens (tertiary/aromatic N) is 1. The summed E-state index contributed by atoms with van der Waals surface area (Å²) in [5.41, 5.74) is 1.41. The van der Waals surface area contributed by atoms with Gasteiger partial charge in [-0.15, -0.1) is 0 Å². The van der Waals surface area contributed by atoms with Crippen molar-refractivity contribution in [3.05, 3.63) is 29.8 Å². The first-order chi connectivity index (χ1) is 4.86. The number of halogens is 1. The molecule has 3 heteroatoms. The largest absolute Gasteiger partial charge is 0.177 e. The van der Waals surface area contributed by atoms with Gasteiger partial charge in [-0.05, 0) is 23.6 Å². The quantitative estimate of drug-likeness (QED) is 0.484. The Morgan fingerprint density at radius 1 is 1.40 bits per heavy atom. The molecule has 0 spiro atoms. The maximum atomic E-state index is 3.42. The molecule has 0 aliphatic carbocycles. The highest BCUT2D eigenvalue weighted by Crippen LogP contribution is 2.37. The minimum Gasteiger partial charge on any atom is -0.177 e. The molecule has 1 heterocycles. The van der Waals surface area contributed by atoms with Gasteiger partial charge in [-0.25, -0.2) is 0 Å². The Bertz CT molecular complexity index is 226. The SMILES string of the molecule is BrN1Cc2ccccc2S1. The molecule has 52 valence electrons. The van der Waals surface area contributed by atoms with Gasteiger partial charge in [-0.3, -0.25) is 0 Å². The Kier molecular flexibility index (Phi) is 1.72. The fourth-order valence-corrected chi connectivity index (χ4v) is 2.54. The molecule has 2 rings (SSSR count). The summed E-state index contributed by atoms with van der Waals surface area (Å²) in [6, 6.07) is 8.44. The maximum Gasteiger partial charge on any atom is 0.0471 e. The zero-order valence-corrected chi connectivity index (χ0v) is 7.65. The predicted octanol–water partition coefficient (Wildman–Crippen LogP) is 2.82. The standard InChI is InChI=1S/C7H6BrNS/c8-9-5-6-3-1-2-4-7(6)10-9/h1-4H,5H2. The van der Waals surface area contributed by atoms with Crippen molar-refractivity contribution in [1.29, 1.82) is 0 Å². The Morgan fingerprint density at radius 2 is 2.20 bits per heavy atom. The maximum absolute atomic E-state index is 3.42. The molecule has 0 unspecified atom stereocenters. The van der Waals surface area contributed by atoms with E-state index in [0.717, 1.165) is 6.54 Å². The molecule has 1 nitrogen and oxygen atoms in total. The van der Waals surface area contributed by atoms with Crippen molar-refractivity contribution in [1.82, 2.24) is 3.33 Å². The molecule has 0 fully saturated rings. The van der Waals surface area contributed by atoms with E-state index >= 15 is 0 Å². The van der Waals surface area contributed by atoms with Gasteiger partial charge >= 0.3 is 0 Å². The van der Waals surface area contributed by atoms with Crippen LogP contribution in [-0.4, -0.2) is 3.33 Å². The average Bonchev–Trinajstić information content (AvgIpc) is 2.27. The number of rotatable bonds is 0. The molecule has 1 aromatic carbocycles. The van der Waals surface area contributed by atoms with Gasteiger partial charge in [0.1, 0.15) is 0 Å². The van der Waals surface area contributed by atoms with Gasteiger partial charge in [0.2, 0.25) is 0 Å². The molecule has 0 atom stereocenters. The van der Waals surface area contributed by atoms with Gasteiger partial charge in [0, 0.05) is 27.6 Å². The lowest BCUT2D eigenvalue weighted by Gasteiger charge is -1.97. The van der Waals surface area contributed by atoms with Crippen LogP contribution in [0.2, 0.25) is 0 Å². The smallest absolute Gasteiger partial charge is 0.0471 e. The van der Waals surface area contributed by atoms with E-state index in [1.807, 2.05) is 0 Å². The summed E-state index contributed by atoms with van der Waals surface area (Å²) >= 11 is 5.16. The van der Waals surface area contributed by atoms with Crippen LogP contribution < -0.4 is 0 Å². The average molecular weight is 216 g/mol. The van der Waals surface area contributed by atoms with E-state index in [1.165, 1.54) is 10.5 Å². The fraction of sp³-hybridized carbons (Fsp3) is 0.143. The molecule has 0 aromatic heterocycles. The molecule has 0 amide bonds. The molecule has 1 aromatic rings. The zero-order chi connectivity index (χ0) is 6.97. The van der Waals surface area contributed by atoms with Crippen LogP contribution >= 0.6 is 28.1 Å². The monoisotopic (exact) mass is 215 g/mol. The van der Waals surface area contributed by atoms with Gasteiger partial charge in [0.15, 0.2) is 0 Å². The van der Waals surface area contributed by atoms with E-state index in [9.17, 15) is 0 Å². The summed E-state index contributed by atoms with van der Waals surface area (Å²) in [4.78, 5) is 1.36. The predicted molar refractivity (Wildman–Crippen MR) is 46.8 cm³/mol. The Balaban J connectivity index is 2.42. The van der Waals surface area contributed by atoms with Crippen molar-refractivity contribution in [2.45, 2.75) is 11.4 Å². The van der Waals surface area contributed by atoms with E-state index in [0.29, 0.717) is 0 Å². The molecular weight excluding hydrogens is 210 g/mol. The first kappa shape index (κ1) is 6.70. The van der Waals surface area contributed by atoms with E-state index in [1.54, 1.807) is 11.9 Å². The van der Waals surface area contributed by atoms with E-state index in [-0.39, 0.29) is 0 Å². The highest BCUT2D eigenvalue weighted by Gasteiger charge is 2.15. The van der Waals surface area contributed by atoms with Crippen LogP contribution in [0.25, 0.3) is 0 Å². The number of hydrogen-bond acceptors (Lipinski definition) is 2. The number of hydrogen-bond donors (Lipinski definition) is 0. The third-order valence-electron chi connectivity index (χ3n) is 1.46. The van der Waals surface area contributed by atoms with E-state index < -0.39 is 0 Å². The Morgan fingerprint density at radius 3 is 3.00 bits per heavy atom. The summed E-state index contributed by atoms with van der Waals surface area (Å²) in [6.45, 7) is 1.00. The third kappa shape index (κ3) is 1.09. The molecule has 1 aliphatic rings. The van der Waals surface area contributed by atoms with Crippen LogP contribution in [0.5, 0.6) is 0 Å². The Hall–Kier alpha value is 0.01000. The topological polar surface area (TPSA) is 3.24 Å². The molecule has 0 saturated heterocycles. The third-order valence-corrected chi connectivity index (χ3v) is 3.07. The summed E-state index contributed by atoms with van der Waals surface area (Å²) in [6.07, 6.45) is 0. The van der Waals surface area contributed by atoms with Crippen molar-refractivity contribution in [2.24, 2.45) is 0 Å². The van der Waals surface area contributed by atoms with E-state index in [2.05, 4.69) is 43.7 Å². The van der Waals surface area contributed by atoms with Crippen LogP contribution in [0.15, 0.2) is 29.2 Å². The molecule has 10 heavy (non-hydrogen) atoms. The van der Waals surface area contributed by atoms with Gasteiger partial charge in [-0.2, -0.15) is 3.33 Å². The highest BCUT2D eigenvalue weighted by molar-refractivity contribution is 9.09. The van der Waals surface area contributed by atoms with Gasteiger partial charge in [0.25, 0.3) is 0 Å².